The van der Waals surface area contributed by atoms with Gasteiger partial charge in [-0.1, -0.05) is 18.2 Å². The minimum atomic E-state index is 0.334. The molecular formula is C19H28N2O2. The standard InChI is InChI=1S/C19H28N2O2/c1-23-18-5-3-2-4-17(18)16-10-13-21(14-16)19(22)7-6-15-8-11-20-12-9-15/h2-5,15-16,20H,6-14H2,1H3. The average Bonchev–Trinajstić information content (AvgIpc) is 3.10. The van der Waals surface area contributed by atoms with Crippen LogP contribution in [-0.4, -0.2) is 44.1 Å². The minimum absolute atomic E-state index is 0.334. The number of carbonyl (C=O) groups excluding carboxylic acids is 1. The van der Waals surface area contributed by atoms with Gasteiger partial charge in [0.1, 0.15) is 5.75 Å². The fourth-order valence-corrected chi connectivity index (χ4v) is 3.90. The number of nitrogens with one attached hydrogen (secondary N) is 1. The second kappa shape index (κ2) is 7.82. The number of methoxy groups -OCH3 is 1. The molecule has 4 heteroatoms. The van der Waals surface area contributed by atoms with E-state index in [4.69, 9.17) is 4.74 Å². The molecule has 3 rings (SSSR count). The van der Waals surface area contributed by atoms with Gasteiger partial charge in [0.05, 0.1) is 7.11 Å². The van der Waals surface area contributed by atoms with Crippen molar-refractivity contribution >= 4 is 5.91 Å². The Bertz CT molecular complexity index is 526. The summed E-state index contributed by atoms with van der Waals surface area (Å²) in [5.74, 6) is 2.42. The normalized spacial score (nSPS) is 22.3. The summed E-state index contributed by atoms with van der Waals surface area (Å²) in [7, 11) is 1.72. The van der Waals surface area contributed by atoms with E-state index in [0.29, 0.717) is 18.2 Å². The molecule has 1 aromatic rings. The summed E-state index contributed by atoms with van der Waals surface area (Å²) in [4.78, 5) is 14.6. The maximum absolute atomic E-state index is 12.5. The molecule has 126 valence electrons. The van der Waals surface area contributed by atoms with Gasteiger partial charge in [0, 0.05) is 25.4 Å². The van der Waals surface area contributed by atoms with Crippen LogP contribution < -0.4 is 10.1 Å². The quantitative estimate of drug-likeness (QED) is 0.908. The number of rotatable bonds is 5. The lowest BCUT2D eigenvalue weighted by Gasteiger charge is -2.23. The number of carbonyl (C=O) groups is 1. The molecule has 0 saturated carbocycles. The Kier molecular flexibility index (Phi) is 5.55. The fourth-order valence-electron chi connectivity index (χ4n) is 3.90. The summed E-state index contributed by atoms with van der Waals surface area (Å²) in [6, 6.07) is 8.20. The average molecular weight is 316 g/mol. The Morgan fingerprint density at radius 1 is 1.26 bits per heavy atom. The van der Waals surface area contributed by atoms with E-state index in [9.17, 15) is 4.79 Å². The fraction of sp³-hybridized carbons (Fsp3) is 0.632. The zero-order chi connectivity index (χ0) is 16.1. The van der Waals surface area contributed by atoms with Gasteiger partial charge in [-0.25, -0.2) is 0 Å². The summed E-state index contributed by atoms with van der Waals surface area (Å²) in [6.45, 7) is 3.94. The van der Waals surface area contributed by atoms with Gasteiger partial charge in [-0.3, -0.25) is 4.79 Å². The first-order chi connectivity index (χ1) is 11.3. The number of amides is 1. The number of likely N-dealkylation sites (tertiary alicyclic amines) is 1. The van der Waals surface area contributed by atoms with Crippen molar-refractivity contribution in [3.05, 3.63) is 29.8 Å². The third-order valence-corrected chi connectivity index (χ3v) is 5.34. The third kappa shape index (κ3) is 4.05. The largest absolute Gasteiger partial charge is 0.496 e. The topological polar surface area (TPSA) is 41.6 Å². The molecule has 2 aliphatic heterocycles. The molecule has 0 aliphatic carbocycles. The number of ether oxygens (including phenoxy) is 1. The van der Waals surface area contributed by atoms with Gasteiger partial charge in [-0.2, -0.15) is 0 Å². The van der Waals surface area contributed by atoms with Crippen LogP contribution in [0.15, 0.2) is 24.3 Å². The molecule has 1 aromatic carbocycles. The summed E-state index contributed by atoms with van der Waals surface area (Å²) >= 11 is 0. The van der Waals surface area contributed by atoms with E-state index in [1.54, 1.807) is 7.11 Å². The van der Waals surface area contributed by atoms with Crippen LogP contribution in [0.2, 0.25) is 0 Å². The highest BCUT2D eigenvalue weighted by molar-refractivity contribution is 5.76. The predicted octanol–water partition coefficient (Wildman–Crippen LogP) is 2.79. The monoisotopic (exact) mass is 316 g/mol. The highest BCUT2D eigenvalue weighted by atomic mass is 16.5. The molecule has 2 fully saturated rings. The van der Waals surface area contributed by atoms with E-state index in [1.165, 1.54) is 18.4 Å². The van der Waals surface area contributed by atoms with Crippen LogP contribution >= 0.6 is 0 Å². The molecule has 1 unspecified atom stereocenters. The summed E-state index contributed by atoms with van der Waals surface area (Å²) in [6.07, 6.45) is 5.24. The molecule has 0 aromatic heterocycles. The van der Waals surface area contributed by atoms with Gasteiger partial charge in [-0.15, -0.1) is 0 Å². The van der Waals surface area contributed by atoms with E-state index in [-0.39, 0.29) is 0 Å². The van der Waals surface area contributed by atoms with Gasteiger partial charge in [0.2, 0.25) is 5.91 Å². The Labute approximate surface area is 139 Å². The van der Waals surface area contributed by atoms with Crippen LogP contribution in [0.5, 0.6) is 5.75 Å². The van der Waals surface area contributed by atoms with Crippen molar-refractivity contribution in [2.24, 2.45) is 5.92 Å². The smallest absolute Gasteiger partial charge is 0.222 e. The highest BCUT2D eigenvalue weighted by Crippen LogP contribution is 2.33. The summed E-state index contributed by atoms with van der Waals surface area (Å²) in [5.41, 5.74) is 1.24. The first kappa shape index (κ1) is 16.3. The SMILES string of the molecule is COc1ccccc1C1CCN(C(=O)CCC2CCNCC2)C1. The maximum atomic E-state index is 12.5. The van der Waals surface area contributed by atoms with E-state index in [1.807, 2.05) is 12.1 Å². The molecule has 0 spiro atoms. The lowest BCUT2D eigenvalue weighted by molar-refractivity contribution is -0.130. The molecule has 4 nitrogen and oxygen atoms in total. The molecule has 2 heterocycles. The van der Waals surface area contributed by atoms with Crippen molar-refractivity contribution < 1.29 is 9.53 Å². The van der Waals surface area contributed by atoms with E-state index < -0.39 is 0 Å². The van der Waals surface area contributed by atoms with Gasteiger partial charge in [0.15, 0.2) is 0 Å². The van der Waals surface area contributed by atoms with Crippen molar-refractivity contribution in [3.63, 3.8) is 0 Å². The van der Waals surface area contributed by atoms with Gasteiger partial charge in [-0.05, 0) is 56.3 Å². The number of hydrogen-bond acceptors (Lipinski definition) is 3. The first-order valence-corrected chi connectivity index (χ1v) is 8.89. The number of nitrogens with zero attached hydrogens (tertiary/aromatic N) is 1. The minimum Gasteiger partial charge on any atom is -0.496 e. The second-order valence-corrected chi connectivity index (χ2v) is 6.80. The van der Waals surface area contributed by atoms with Gasteiger partial charge >= 0.3 is 0 Å². The van der Waals surface area contributed by atoms with Crippen LogP contribution in [0.4, 0.5) is 0 Å². The Hall–Kier alpha value is -1.55. The summed E-state index contributed by atoms with van der Waals surface area (Å²) in [5, 5.41) is 3.39. The molecule has 1 N–H and O–H groups in total. The van der Waals surface area contributed by atoms with Crippen LogP contribution in [0.3, 0.4) is 0 Å². The number of hydrogen-bond donors (Lipinski definition) is 1. The van der Waals surface area contributed by atoms with Crippen LogP contribution in [0.1, 0.15) is 43.6 Å². The molecule has 0 bridgehead atoms. The molecule has 2 aliphatic rings. The Morgan fingerprint density at radius 2 is 2.04 bits per heavy atom. The van der Waals surface area contributed by atoms with Crippen molar-refractivity contribution in [1.29, 1.82) is 0 Å². The third-order valence-electron chi connectivity index (χ3n) is 5.34. The maximum Gasteiger partial charge on any atom is 0.222 e. The lowest BCUT2D eigenvalue weighted by atomic mass is 9.93. The molecular weight excluding hydrogens is 288 g/mol. The second-order valence-electron chi connectivity index (χ2n) is 6.80. The van der Waals surface area contributed by atoms with Crippen molar-refractivity contribution in [1.82, 2.24) is 10.2 Å². The molecule has 1 atom stereocenters. The van der Waals surface area contributed by atoms with Gasteiger partial charge < -0.3 is 15.0 Å². The van der Waals surface area contributed by atoms with Crippen LogP contribution in [-0.2, 0) is 4.79 Å². The number of benzene rings is 1. The van der Waals surface area contributed by atoms with Crippen molar-refractivity contribution in [2.45, 2.75) is 38.0 Å². The van der Waals surface area contributed by atoms with E-state index in [0.717, 1.165) is 50.7 Å². The van der Waals surface area contributed by atoms with Crippen LogP contribution in [0.25, 0.3) is 0 Å². The van der Waals surface area contributed by atoms with E-state index in [2.05, 4.69) is 22.3 Å². The van der Waals surface area contributed by atoms with E-state index >= 15 is 0 Å². The van der Waals surface area contributed by atoms with Crippen LogP contribution in [0, 0.1) is 5.92 Å². The lowest BCUT2D eigenvalue weighted by Crippen LogP contribution is -2.31. The first-order valence-electron chi connectivity index (χ1n) is 8.89. The zero-order valence-electron chi connectivity index (χ0n) is 14.1. The van der Waals surface area contributed by atoms with Gasteiger partial charge in [0.25, 0.3) is 0 Å². The number of piperidine rings is 1. The Morgan fingerprint density at radius 3 is 2.83 bits per heavy atom. The number of para-hydroxylation sites is 1. The molecule has 23 heavy (non-hydrogen) atoms. The molecule has 0 radical (unpaired) electrons. The molecule has 1 amide bonds. The predicted molar refractivity (Wildman–Crippen MR) is 91.8 cm³/mol. The highest BCUT2D eigenvalue weighted by Gasteiger charge is 2.29. The zero-order valence-corrected chi connectivity index (χ0v) is 14.1. The molecule has 2 saturated heterocycles. The Balaban J connectivity index is 1.51. The van der Waals surface area contributed by atoms with Crippen molar-refractivity contribution in [3.8, 4) is 5.75 Å². The summed E-state index contributed by atoms with van der Waals surface area (Å²) < 4.78 is 5.47. The van der Waals surface area contributed by atoms with Crippen molar-refractivity contribution in [2.75, 3.05) is 33.3 Å².